The Morgan fingerprint density at radius 3 is 2.53 bits per heavy atom. The van der Waals surface area contributed by atoms with Crippen molar-refractivity contribution < 1.29 is 13.5 Å². The van der Waals surface area contributed by atoms with Gasteiger partial charge in [0.2, 0.25) is 0 Å². The summed E-state index contributed by atoms with van der Waals surface area (Å²) in [5.74, 6) is -1.45. The smallest absolute Gasteiger partial charge is 0.168 e. The quantitative estimate of drug-likeness (QED) is 0.749. The number of nitrogens with zero attached hydrogens (tertiary/aromatic N) is 1. The highest BCUT2D eigenvalue weighted by Crippen LogP contribution is 2.51. The highest BCUT2D eigenvalue weighted by atomic mass is 19.1. The lowest BCUT2D eigenvalue weighted by Crippen LogP contribution is -2.07. The first-order valence-electron chi connectivity index (χ1n) is 4.58. The Morgan fingerprint density at radius 1 is 1.40 bits per heavy atom. The fourth-order valence-electron chi connectivity index (χ4n) is 1.69. The van der Waals surface area contributed by atoms with Gasteiger partial charge >= 0.3 is 0 Å². The molecule has 0 aliphatic heterocycles. The first-order chi connectivity index (χ1) is 7.13. The van der Waals surface area contributed by atoms with Gasteiger partial charge in [0.25, 0.3) is 0 Å². The number of ether oxygens (including phenoxy) is 1. The number of halogens is 2. The molecule has 0 spiro atoms. The zero-order chi connectivity index (χ0) is 11.1. The van der Waals surface area contributed by atoms with Crippen molar-refractivity contribution in [3.63, 3.8) is 0 Å². The van der Waals surface area contributed by atoms with Crippen LogP contribution >= 0.6 is 0 Å². The van der Waals surface area contributed by atoms with Crippen LogP contribution in [-0.4, -0.2) is 7.11 Å². The van der Waals surface area contributed by atoms with Gasteiger partial charge in [0, 0.05) is 11.6 Å². The van der Waals surface area contributed by atoms with Gasteiger partial charge in [-0.1, -0.05) is 0 Å². The Bertz CT molecular complexity index is 447. The molecule has 0 radical (unpaired) electrons. The van der Waals surface area contributed by atoms with Crippen molar-refractivity contribution in [2.45, 2.75) is 18.3 Å². The van der Waals surface area contributed by atoms with Crippen molar-refractivity contribution >= 4 is 0 Å². The van der Waals surface area contributed by atoms with Gasteiger partial charge in [-0.15, -0.1) is 0 Å². The van der Waals surface area contributed by atoms with Gasteiger partial charge in [-0.25, -0.2) is 8.78 Å². The maximum Gasteiger partial charge on any atom is 0.168 e. The van der Waals surface area contributed by atoms with Crippen LogP contribution in [-0.2, 0) is 5.41 Å². The standard InChI is InChI=1S/C11H9F2NO/c1-15-10-8(11(6-14)2-3-11)4-7(12)5-9(10)13/h4-5H,2-3H2,1H3. The summed E-state index contributed by atoms with van der Waals surface area (Å²) in [5, 5.41) is 8.96. The van der Waals surface area contributed by atoms with Crippen LogP contribution in [0.4, 0.5) is 8.78 Å². The molecule has 1 aliphatic carbocycles. The van der Waals surface area contributed by atoms with Crippen LogP contribution in [0.15, 0.2) is 12.1 Å². The molecule has 2 rings (SSSR count). The maximum absolute atomic E-state index is 13.3. The molecule has 78 valence electrons. The summed E-state index contributed by atoms with van der Waals surface area (Å²) in [6.45, 7) is 0. The average molecular weight is 209 g/mol. The highest BCUT2D eigenvalue weighted by Gasteiger charge is 2.47. The Balaban J connectivity index is 2.60. The molecule has 0 N–H and O–H groups in total. The molecule has 2 nitrogen and oxygen atoms in total. The third-order valence-electron chi connectivity index (χ3n) is 2.69. The lowest BCUT2D eigenvalue weighted by atomic mass is 9.96. The lowest BCUT2D eigenvalue weighted by Gasteiger charge is -2.12. The molecule has 15 heavy (non-hydrogen) atoms. The van der Waals surface area contributed by atoms with Gasteiger partial charge in [0.15, 0.2) is 11.6 Å². The van der Waals surface area contributed by atoms with Crippen molar-refractivity contribution in [1.29, 1.82) is 5.26 Å². The van der Waals surface area contributed by atoms with E-state index in [4.69, 9.17) is 10.00 Å². The van der Waals surface area contributed by atoms with E-state index in [0.717, 1.165) is 6.07 Å². The molecular formula is C11H9F2NO. The third-order valence-corrected chi connectivity index (χ3v) is 2.69. The summed E-state index contributed by atoms with van der Waals surface area (Å²) in [5.41, 5.74) is -0.418. The highest BCUT2D eigenvalue weighted by molar-refractivity contribution is 5.48. The topological polar surface area (TPSA) is 33.0 Å². The van der Waals surface area contributed by atoms with E-state index < -0.39 is 17.0 Å². The first kappa shape index (κ1) is 9.91. The average Bonchev–Trinajstić information content (AvgIpc) is 2.97. The first-order valence-corrected chi connectivity index (χ1v) is 4.58. The van der Waals surface area contributed by atoms with Crippen LogP contribution < -0.4 is 4.74 Å². The third kappa shape index (κ3) is 1.44. The second-order valence-corrected chi connectivity index (χ2v) is 3.66. The Kier molecular flexibility index (Phi) is 2.11. The Hall–Kier alpha value is -1.63. The lowest BCUT2D eigenvalue weighted by molar-refractivity contribution is 0.376. The van der Waals surface area contributed by atoms with E-state index in [0.29, 0.717) is 18.4 Å². The summed E-state index contributed by atoms with van der Waals surface area (Å²) in [4.78, 5) is 0. The molecule has 1 saturated carbocycles. The van der Waals surface area contributed by atoms with Crippen LogP contribution in [0.25, 0.3) is 0 Å². The summed E-state index contributed by atoms with van der Waals surface area (Å²) < 4.78 is 31.2. The molecule has 0 heterocycles. The SMILES string of the molecule is COc1c(F)cc(F)cc1C1(C#N)CC1. The normalized spacial score (nSPS) is 16.9. The van der Waals surface area contributed by atoms with Crippen molar-refractivity contribution in [3.8, 4) is 11.8 Å². The van der Waals surface area contributed by atoms with Gasteiger partial charge in [-0.2, -0.15) is 5.26 Å². The Labute approximate surface area is 86.1 Å². The number of hydrogen-bond acceptors (Lipinski definition) is 2. The molecule has 0 amide bonds. The van der Waals surface area contributed by atoms with Crippen LogP contribution in [0.2, 0.25) is 0 Å². The fraction of sp³-hybridized carbons (Fsp3) is 0.364. The molecule has 0 atom stereocenters. The minimum atomic E-state index is -0.756. The van der Waals surface area contributed by atoms with Gasteiger partial charge in [0.05, 0.1) is 18.6 Å². The molecule has 1 aromatic rings. The second kappa shape index (κ2) is 3.20. The molecule has 1 aliphatic rings. The number of rotatable bonds is 2. The summed E-state index contributed by atoms with van der Waals surface area (Å²) >= 11 is 0. The largest absolute Gasteiger partial charge is 0.493 e. The zero-order valence-electron chi connectivity index (χ0n) is 8.18. The molecule has 4 heteroatoms. The molecule has 1 fully saturated rings. The molecule has 0 saturated heterocycles. The van der Waals surface area contributed by atoms with Crippen molar-refractivity contribution in [1.82, 2.24) is 0 Å². The number of nitriles is 1. The number of methoxy groups -OCH3 is 1. The van der Waals surface area contributed by atoms with Gasteiger partial charge in [-0.3, -0.25) is 0 Å². The fourth-order valence-corrected chi connectivity index (χ4v) is 1.69. The predicted molar refractivity (Wildman–Crippen MR) is 49.4 cm³/mol. The van der Waals surface area contributed by atoms with Gasteiger partial charge in [0.1, 0.15) is 5.82 Å². The second-order valence-electron chi connectivity index (χ2n) is 3.66. The van der Waals surface area contributed by atoms with E-state index >= 15 is 0 Å². The summed E-state index contributed by atoms with van der Waals surface area (Å²) in [6.07, 6.45) is 1.26. The number of benzene rings is 1. The Morgan fingerprint density at radius 2 is 2.07 bits per heavy atom. The molecular weight excluding hydrogens is 200 g/mol. The number of hydrogen-bond donors (Lipinski definition) is 0. The monoisotopic (exact) mass is 209 g/mol. The van der Waals surface area contributed by atoms with Gasteiger partial charge in [-0.05, 0) is 18.9 Å². The van der Waals surface area contributed by atoms with Crippen molar-refractivity contribution in [2.75, 3.05) is 7.11 Å². The van der Waals surface area contributed by atoms with Crippen LogP contribution in [0.3, 0.4) is 0 Å². The minimum absolute atomic E-state index is 0.0181. The van der Waals surface area contributed by atoms with Gasteiger partial charge < -0.3 is 4.74 Å². The minimum Gasteiger partial charge on any atom is -0.493 e. The van der Waals surface area contributed by atoms with Crippen molar-refractivity contribution in [3.05, 3.63) is 29.3 Å². The predicted octanol–water partition coefficient (Wildman–Crippen LogP) is 2.53. The van der Waals surface area contributed by atoms with Crippen LogP contribution in [0.1, 0.15) is 18.4 Å². The zero-order valence-corrected chi connectivity index (χ0v) is 8.18. The molecule has 0 bridgehead atoms. The van der Waals surface area contributed by atoms with Crippen molar-refractivity contribution in [2.24, 2.45) is 0 Å². The van der Waals surface area contributed by atoms with E-state index in [2.05, 4.69) is 6.07 Å². The van der Waals surface area contributed by atoms with Crippen LogP contribution in [0.5, 0.6) is 5.75 Å². The summed E-state index contributed by atoms with van der Waals surface area (Å²) in [7, 11) is 1.31. The van der Waals surface area contributed by atoms with E-state index in [9.17, 15) is 8.78 Å². The maximum atomic E-state index is 13.3. The molecule has 0 unspecified atom stereocenters. The van der Waals surface area contributed by atoms with E-state index in [1.165, 1.54) is 13.2 Å². The van der Waals surface area contributed by atoms with E-state index in [1.807, 2.05) is 0 Å². The van der Waals surface area contributed by atoms with E-state index in [1.54, 1.807) is 0 Å². The van der Waals surface area contributed by atoms with Crippen LogP contribution in [0, 0.1) is 23.0 Å². The summed E-state index contributed by atoms with van der Waals surface area (Å²) in [6, 6.07) is 4.02. The molecule has 0 aromatic heterocycles. The molecule has 1 aromatic carbocycles. The van der Waals surface area contributed by atoms with E-state index in [-0.39, 0.29) is 5.75 Å².